The first-order valence-corrected chi connectivity index (χ1v) is 6.31. The van der Waals surface area contributed by atoms with Crippen molar-refractivity contribution in [2.45, 2.75) is 26.7 Å². The zero-order chi connectivity index (χ0) is 10.4. The summed E-state index contributed by atoms with van der Waals surface area (Å²) in [6.07, 6.45) is 2.43. The highest BCUT2D eigenvalue weighted by Gasteiger charge is 2.19. The molecule has 0 aliphatic heterocycles. The van der Waals surface area contributed by atoms with Crippen LogP contribution in [0.25, 0.3) is 10.4 Å². The third kappa shape index (κ3) is 1.26. The summed E-state index contributed by atoms with van der Waals surface area (Å²) in [6.45, 7) is 4.46. The van der Waals surface area contributed by atoms with Crippen LogP contribution in [0.5, 0.6) is 0 Å². The average Bonchev–Trinajstić information content (AvgIpc) is 2.70. The van der Waals surface area contributed by atoms with Gasteiger partial charge in [0.05, 0.1) is 0 Å². The summed E-state index contributed by atoms with van der Waals surface area (Å²) in [5.41, 5.74) is 7.48. The third-order valence-corrected chi connectivity index (χ3v) is 4.43. The van der Waals surface area contributed by atoms with Crippen LogP contribution in [0.3, 0.4) is 0 Å². The minimum absolute atomic E-state index is 1.21. The fourth-order valence-corrected chi connectivity index (χ4v) is 3.51. The van der Waals surface area contributed by atoms with Crippen molar-refractivity contribution < 1.29 is 0 Å². The quantitative estimate of drug-likeness (QED) is 0.618. The number of hydrogen-bond acceptors (Lipinski definition) is 1. The molecule has 1 aliphatic carbocycles. The molecule has 76 valence electrons. The zero-order valence-electron chi connectivity index (χ0n) is 9.13. The van der Waals surface area contributed by atoms with Gasteiger partial charge in [0, 0.05) is 4.88 Å². The molecular weight excluding hydrogens is 200 g/mol. The van der Waals surface area contributed by atoms with Crippen molar-refractivity contribution in [2.75, 3.05) is 0 Å². The second kappa shape index (κ2) is 3.21. The van der Waals surface area contributed by atoms with Crippen LogP contribution in [-0.4, -0.2) is 0 Å². The van der Waals surface area contributed by atoms with Gasteiger partial charge in [-0.2, -0.15) is 0 Å². The Labute approximate surface area is 94.6 Å². The molecule has 1 heteroatoms. The molecule has 15 heavy (non-hydrogen) atoms. The maximum Gasteiger partial charge on any atom is 0.0380 e. The lowest BCUT2D eigenvalue weighted by Gasteiger charge is -2.19. The first kappa shape index (κ1) is 9.17. The summed E-state index contributed by atoms with van der Waals surface area (Å²) in [5.74, 6) is 0. The van der Waals surface area contributed by atoms with Crippen molar-refractivity contribution in [3.63, 3.8) is 0 Å². The molecule has 0 saturated heterocycles. The maximum absolute atomic E-state index is 2.31. The summed E-state index contributed by atoms with van der Waals surface area (Å²) in [5, 5.41) is 2.22. The second-order valence-electron chi connectivity index (χ2n) is 4.32. The van der Waals surface area contributed by atoms with Gasteiger partial charge >= 0.3 is 0 Å². The van der Waals surface area contributed by atoms with Crippen LogP contribution in [0.4, 0.5) is 0 Å². The molecule has 0 nitrogen and oxygen atoms in total. The van der Waals surface area contributed by atoms with Crippen molar-refractivity contribution in [3.8, 4) is 10.4 Å². The highest BCUT2D eigenvalue weighted by Crippen LogP contribution is 2.40. The van der Waals surface area contributed by atoms with Gasteiger partial charge in [-0.25, -0.2) is 0 Å². The van der Waals surface area contributed by atoms with E-state index in [1.807, 2.05) is 11.3 Å². The third-order valence-electron chi connectivity index (χ3n) is 3.46. The second-order valence-corrected chi connectivity index (χ2v) is 5.23. The Balaban J connectivity index is 2.35. The van der Waals surface area contributed by atoms with Gasteiger partial charge in [-0.15, -0.1) is 11.3 Å². The van der Waals surface area contributed by atoms with E-state index >= 15 is 0 Å². The zero-order valence-corrected chi connectivity index (χ0v) is 9.95. The summed E-state index contributed by atoms with van der Waals surface area (Å²) in [6, 6.07) is 6.85. The topological polar surface area (TPSA) is 0 Å². The van der Waals surface area contributed by atoms with E-state index in [1.54, 1.807) is 5.56 Å². The van der Waals surface area contributed by atoms with Gasteiger partial charge in [-0.1, -0.05) is 12.1 Å². The van der Waals surface area contributed by atoms with Crippen LogP contribution in [0, 0.1) is 13.8 Å². The van der Waals surface area contributed by atoms with Crippen LogP contribution in [0.15, 0.2) is 23.6 Å². The molecule has 0 N–H and O–H groups in total. The summed E-state index contributed by atoms with van der Waals surface area (Å²) in [4.78, 5) is 1.51. The SMILES string of the molecule is Cc1ccc2c(c1C)-c1sccc1CC2. The molecule has 3 rings (SSSR count). The highest BCUT2D eigenvalue weighted by molar-refractivity contribution is 7.13. The number of rotatable bonds is 0. The molecule has 0 atom stereocenters. The van der Waals surface area contributed by atoms with Gasteiger partial charge in [0.1, 0.15) is 0 Å². The van der Waals surface area contributed by atoms with Crippen molar-refractivity contribution in [1.82, 2.24) is 0 Å². The molecule has 0 saturated carbocycles. The van der Waals surface area contributed by atoms with Gasteiger partial charge in [0.25, 0.3) is 0 Å². The molecule has 2 aromatic rings. The average molecular weight is 214 g/mol. The molecule has 0 bridgehead atoms. The molecule has 1 aliphatic rings. The molecule has 0 unspecified atom stereocenters. The number of benzene rings is 1. The maximum atomic E-state index is 2.31. The van der Waals surface area contributed by atoms with E-state index in [4.69, 9.17) is 0 Å². The Kier molecular flexibility index (Phi) is 1.96. The van der Waals surface area contributed by atoms with E-state index in [9.17, 15) is 0 Å². The Morgan fingerprint density at radius 2 is 1.80 bits per heavy atom. The molecule has 1 heterocycles. The minimum Gasteiger partial charge on any atom is -0.144 e. The molecule has 0 amide bonds. The smallest absolute Gasteiger partial charge is 0.0380 e. The summed E-state index contributed by atoms with van der Waals surface area (Å²) < 4.78 is 0. The van der Waals surface area contributed by atoms with Gasteiger partial charge in [0.15, 0.2) is 0 Å². The number of hydrogen-bond donors (Lipinski definition) is 0. The fraction of sp³-hybridized carbons (Fsp3) is 0.286. The van der Waals surface area contributed by atoms with Crippen LogP contribution < -0.4 is 0 Å². The van der Waals surface area contributed by atoms with Crippen molar-refractivity contribution >= 4 is 11.3 Å². The number of fused-ring (bicyclic) bond motifs is 3. The highest BCUT2D eigenvalue weighted by atomic mass is 32.1. The van der Waals surface area contributed by atoms with Crippen molar-refractivity contribution in [2.24, 2.45) is 0 Å². The van der Waals surface area contributed by atoms with Gasteiger partial charge in [-0.05, 0) is 66.0 Å². The van der Waals surface area contributed by atoms with Crippen LogP contribution >= 0.6 is 11.3 Å². The van der Waals surface area contributed by atoms with E-state index in [2.05, 4.69) is 37.4 Å². The Hall–Kier alpha value is -1.08. The lowest BCUT2D eigenvalue weighted by Crippen LogP contribution is -2.03. The van der Waals surface area contributed by atoms with Gasteiger partial charge in [0.2, 0.25) is 0 Å². The van der Waals surface area contributed by atoms with E-state index < -0.39 is 0 Å². The van der Waals surface area contributed by atoms with Crippen molar-refractivity contribution in [1.29, 1.82) is 0 Å². The predicted molar refractivity (Wildman–Crippen MR) is 66.6 cm³/mol. The molecule has 0 radical (unpaired) electrons. The van der Waals surface area contributed by atoms with E-state index in [-0.39, 0.29) is 0 Å². The summed E-state index contributed by atoms with van der Waals surface area (Å²) in [7, 11) is 0. The number of thiophene rings is 1. The normalized spacial score (nSPS) is 13.5. The molecular formula is C14H14S. The van der Waals surface area contributed by atoms with Crippen LogP contribution in [0.2, 0.25) is 0 Å². The number of aryl methyl sites for hydroxylation is 3. The molecule has 0 spiro atoms. The van der Waals surface area contributed by atoms with Crippen LogP contribution in [-0.2, 0) is 12.8 Å². The Morgan fingerprint density at radius 3 is 2.67 bits per heavy atom. The van der Waals surface area contributed by atoms with Crippen LogP contribution in [0.1, 0.15) is 22.3 Å². The van der Waals surface area contributed by atoms with E-state index in [0.29, 0.717) is 0 Å². The predicted octanol–water partition coefficient (Wildman–Crippen LogP) is 4.13. The molecule has 0 fully saturated rings. The first-order valence-electron chi connectivity index (χ1n) is 5.43. The van der Waals surface area contributed by atoms with Crippen molar-refractivity contribution in [3.05, 3.63) is 45.8 Å². The lowest BCUT2D eigenvalue weighted by atomic mass is 9.87. The van der Waals surface area contributed by atoms with Gasteiger partial charge in [-0.3, -0.25) is 0 Å². The monoisotopic (exact) mass is 214 g/mol. The Morgan fingerprint density at radius 1 is 1.00 bits per heavy atom. The van der Waals surface area contributed by atoms with E-state index in [1.165, 1.54) is 40.0 Å². The fourth-order valence-electron chi connectivity index (χ4n) is 2.42. The molecule has 1 aromatic carbocycles. The summed E-state index contributed by atoms with van der Waals surface area (Å²) >= 11 is 1.89. The minimum atomic E-state index is 1.21. The largest absolute Gasteiger partial charge is 0.144 e. The lowest BCUT2D eigenvalue weighted by molar-refractivity contribution is 0.945. The van der Waals surface area contributed by atoms with Gasteiger partial charge < -0.3 is 0 Å². The Bertz CT molecular complexity index is 520. The molecule has 1 aromatic heterocycles. The first-order chi connectivity index (χ1) is 7.27. The van der Waals surface area contributed by atoms with E-state index in [0.717, 1.165) is 0 Å². The standard InChI is InChI=1S/C14H14S/c1-9-3-4-11-5-6-12-7-8-15-14(12)13(11)10(9)2/h3-4,7-8H,5-6H2,1-2H3.